The molecular weight excluding hydrogens is 364 g/mol. The number of allylic oxidation sites excluding steroid dienone is 1. The molecule has 0 radical (unpaired) electrons. The summed E-state index contributed by atoms with van der Waals surface area (Å²) in [5, 5.41) is 3.10. The van der Waals surface area contributed by atoms with Gasteiger partial charge in [0, 0.05) is 16.3 Å². The lowest BCUT2D eigenvalue weighted by Crippen LogP contribution is -2.33. The standard InChI is InChI=1S/C18H14ClF2N3O2/c1-9-15(18(25)26-2)16(12-5-3-10(20)7-13(12)19)24-17(23-9)14-6-4-11(21)8-22-14/h3-8,16H,1-2H3,(H,23,24). The van der Waals surface area contributed by atoms with E-state index in [2.05, 4.69) is 15.3 Å². The number of aromatic nitrogens is 1. The minimum atomic E-state index is -0.821. The minimum Gasteiger partial charge on any atom is -0.466 e. The molecule has 2 heterocycles. The number of carbonyl (C=O) groups is 1. The molecule has 134 valence electrons. The molecule has 0 bridgehead atoms. The molecule has 2 aromatic rings. The topological polar surface area (TPSA) is 63.6 Å². The van der Waals surface area contributed by atoms with E-state index in [4.69, 9.17) is 16.3 Å². The highest BCUT2D eigenvalue weighted by atomic mass is 35.5. The van der Waals surface area contributed by atoms with Crippen molar-refractivity contribution in [3.8, 4) is 0 Å². The Morgan fingerprint density at radius 1 is 1.23 bits per heavy atom. The van der Waals surface area contributed by atoms with Gasteiger partial charge in [-0.2, -0.15) is 0 Å². The second-order valence-electron chi connectivity index (χ2n) is 5.56. The number of carbonyl (C=O) groups excluding carboxylic acids is 1. The molecule has 1 aliphatic rings. The first-order chi connectivity index (χ1) is 12.4. The number of hydrogen-bond donors (Lipinski definition) is 1. The van der Waals surface area contributed by atoms with Gasteiger partial charge in [0.05, 0.1) is 18.9 Å². The van der Waals surface area contributed by atoms with Crippen molar-refractivity contribution in [2.45, 2.75) is 13.0 Å². The van der Waals surface area contributed by atoms with Crippen LogP contribution in [-0.4, -0.2) is 23.9 Å². The Kier molecular flexibility index (Phi) is 4.99. The number of esters is 1. The molecule has 5 nitrogen and oxygen atoms in total. The van der Waals surface area contributed by atoms with Crippen molar-refractivity contribution in [1.29, 1.82) is 0 Å². The average Bonchev–Trinajstić information content (AvgIpc) is 2.61. The fourth-order valence-electron chi connectivity index (χ4n) is 2.64. The lowest BCUT2D eigenvalue weighted by atomic mass is 9.95. The number of aliphatic imine (C=N–C) groups is 1. The summed E-state index contributed by atoms with van der Waals surface area (Å²) in [6.45, 7) is 1.68. The van der Waals surface area contributed by atoms with Crippen LogP contribution in [0.5, 0.6) is 0 Å². The number of methoxy groups -OCH3 is 1. The molecule has 0 saturated heterocycles. The molecule has 1 atom stereocenters. The normalized spacial score (nSPS) is 16.8. The number of benzene rings is 1. The third-order valence-corrected chi connectivity index (χ3v) is 4.20. The summed E-state index contributed by atoms with van der Waals surface area (Å²) in [5.41, 5.74) is 1.55. The molecule has 3 rings (SSSR count). The molecule has 26 heavy (non-hydrogen) atoms. The highest BCUT2D eigenvalue weighted by molar-refractivity contribution is 6.31. The van der Waals surface area contributed by atoms with E-state index >= 15 is 0 Å². The van der Waals surface area contributed by atoms with Gasteiger partial charge in [0.15, 0.2) is 5.84 Å². The predicted molar refractivity (Wildman–Crippen MR) is 92.7 cm³/mol. The van der Waals surface area contributed by atoms with E-state index in [1.54, 1.807) is 6.92 Å². The number of hydrogen-bond acceptors (Lipinski definition) is 5. The van der Waals surface area contributed by atoms with E-state index in [0.717, 1.165) is 12.3 Å². The zero-order chi connectivity index (χ0) is 18.8. The maximum absolute atomic E-state index is 13.4. The second kappa shape index (κ2) is 7.21. The third kappa shape index (κ3) is 3.43. The Balaban J connectivity index is 2.13. The fourth-order valence-corrected chi connectivity index (χ4v) is 2.92. The molecule has 0 spiro atoms. The highest BCUT2D eigenvalue weighted by Gasteiger charge is 2.32. The first-order valence-corrected chi connectivity index (χ1v) is 7.99. The summed E-state index contributed by atoms with van der Waals surface area (Å²) in [4.78, 5) is 20.7. The van der Waals surface area contributed by atoms with Gasteiger partial charge in [-0.05, 0) is 31.2 Å². The number of nitrogens with zero attached hydrogens (tertiary/aromatic N) is 2. The van der Waals surface area contributed by atoms with Crippen molar-refractivity contribution in [2.75, 3.05) is 7.11 Å². The molecule has 0 fully saturated rings. The number of halogens is 3. The zero-order valence-electron chi connectivity index (χ0n) is 13.9. The van der Waals surface area contributed by atoms with Gasteiger partial charge in [-0.1, -0.05) is 17.7 Å². The molecular formula is C18H14ClF2N3O2. The maximum atomic E-state index is 13.4. The molecule has 1 N–H and O–H groups in total. The van der Waals surface area contributed by atoms with Crippen molar-refractivity contribution in [2.24, 2.45) is 4.99 Å². The Labute approximate surface area is 153 Å². The Bertz CT molecular complexity index is 927. The van der Waals surface area contributed by atoms with Crippen LogP contribution in [0.1, 0.15) is 24.2 Å². The molecule has 0 aliphatic carbocycles. The van der Waals surface area contributed by atoms with Crippen molar-refractivity contribution in [1.82, 2.24) is 10.3 Å². The van der Waals surface area contributed by atoms with Gasteiger partial charge >= 0.3 is 5.97 Å². The van der Waals surface area contributed by atoms with Crippen molar-refractivity contribution >= 4 is 23.4 Å². The number of ether oxygens (including phenoxy) is 1. The van der Waals surface area contributed by atoms with E-state index in [9.17, 15) is 13.6 Å². The zero-order valence-corrected chi connectivity index (χ0v) is 14.6. The molecule has 0 amide bonds. The molecule has 1 aromatic heterocycles. The Hall–Kier alpha value is -2.80. The molecule has 1 aliphatic heterocycles. The van der Waals surface area contributed by atoms with E-state index in [0.29, 0.717) is 22.8 Å². The lowest BCUT2D eigenvalue weighted by Gasteiger charge is -2.26. The maximum Gasteiger partial charge on any atom is 0.338 e. The second-order valence-corrected chi connectivity index (χ2v) is 5.97. The summed E-state index contributed by atoms with van der Waals surface area (Å²) in [6.07, 6.45) is 1.06. The SMILES string of the molecule is COC(=O)C1=C(C)NC(c2ccc(F)cn2)=NC1c1ccc(F)cc1Cl. The average molecular weight is 378 g/mol. The smallest absolute Gasteiger partial charge is 0.338 e. The van der Waals surface area contributed by atoms with Gasteiger partial charge < -0.3 is 10.1 Å². The van der Waals surface area contributed by atoms with Crippen LogP contribution in [0.2, 0.25) is 5.02 Å². The first-order valence-electron chi connectivity index (χ1n) is 7.61. The summed E-state index contributed by atoms with van der Waals surface area (Å²) < 4.78 is 31.4. The minimum absolute atomic E-state index is 0.126. The van der Waals surface area contributed by atoms with Gasteiger partial charge in [-0.3, -0.25) is 4.99 Å². The van der Waals surface area contributed by atoms with Gasteiger partial charge in [-0.25, -0.2) is 18.6 Å². The van der Waals surface area contributed by atoms with Crippen LogP contribution in [0.15, 0.2) is 52.8 Å². The third-order valence-electron chi connectivity index (χ3n) is 3.87. The largest absolute Gasteiger partial charge is 0.466 e. The molecule has 0 saturated carbocycles. The summed E-state index contributed by atoms with van der Waals surface area (Å²) in [6, 6.07) is 5.73. The molecule has 1 unspecified atom stereocenters. The fraction of sp³-hybridized carbons (Fsp3) is 0.167. The van der Waals surface area contributed by atoms with Gasteiger partial charge in [0.25, 0.3) is 0 Å². The van der Waals surface area contributed by atoms with E-state index in [1.165, 1.54) is 31.4 Å². The van der Waals surface area contributed by atoms with Gasteiger partial charge in [0.2, 0.25) is 0 Å². The molecule has 1 aromatic carbocycles. The van der Waals surface area contributed by atoms with Crippen LogP contribution in [0.3, 0.4) is 0 Å². The number of pyridine rings is 1. The van der Waals surface area contributed by atoms with Crippen molar-refractivity contribution < 1.29 is 18.3 Å². The van der Waals surface area contributed by atoms with E-state index in [-0.39, 0.29) is 10.6 Å². The summed E-state index contributed by atoms with van der Waals surface area (Å²) in [5.74, 6) is -1.24. The van der Waals surface area contributed by atoms with Crippen LogP contribution in [-0.2, 0) is 9.53 Å². The first kappa shape index (κ1) is 18.0. The van der Waals surface area contributed by atoms with Crippen LogP contribution in [0, 0.1) is 11.6 Å². The predicted octanol–water partition coefficient (Wildman–Crippen LogP) is 3.55. The Morgan fingerprint density at radius 3 is 2.58 bits per heavy atom. The van der Waals surface area contributed by atoms with E-state index in [1.807, 2.05) is 0 Å². The van der Waals surface area contributed by atoms with Gasteiger partial charge in [0.1, 0.15) is 23.4 Å². The van der Waals surface area contributed by atoms with Crippen molar-refractivity contribution in [3.05, 3.63) is 75.7 Å². The quantitative estimate of drug-likeness (QED) is 0.831. The van der Waals surface area contributed by atoms with Crippen LogP contribution in [0.4, 0.5) is 8.78 Å². The van der Waals surface area contributed by atoms with Crippen LogP contribution >= 0.6 is 11.6 Å². The summed E-state index contributed by atoms with van der Waals surface area (Å²) in [7, 11) is 1.26. The highest BCUT2D eigenvalue weighted by Crippen LogP contribution is 2.36. The number of rotatable bonds is 3. The van der Waals surface area contributed by atoms with Gasteiger partial charge in [-0.15, -0.1) is 0 Å². The number of amidine groups is 1. The Morgan fingerprint density at radius 2 is 1.96 bits per heavy atom. The monoisotopic (exact) mass is 377 g/mol. The van der Waals surface area contributed by atoms with Crippen LogP contribution in [0.25, 0.3) is 0 Å². The van der Waals surface area contributed by atoms with Crippen molar-refractivity contribution in [3.63, 3.8) is 0 Å². The number of nitrogens with one attached hydrogen (secondary N) is 1. The van der Waals surface area contributed by atoms with E-state index < -0.39 is 23.6 Å². The molecule has 8 heteroatoms. The lowest BCUT2D eigenvalue weighted by molar-refractivity contribution is -0.136. The summed E-state index contributed by atoms with van der Waals surface area (Å²) >= 11 is 6.17. The van der Waals surface area contributed by atoms with Crippen LogP contribution < -0.4 is 5.32 Å².